The standard InChI is InChI=1S/C25H26N4O/c1-17-8-11-20(12-9-17)24-28-22-6-4-5-7-23(22)29(24)15-14-26-25(30)27-21-13-10-18(2)19(3)16-21/h4-13,16H,14-15H2,1-3H3,(H2,26,27,30). The largest absolute Gasteiger partial charge is 0.336 e. The van der Waals surface area contributed by atoms with Crippen molar-refractivity contribution >= 4 is 22.8 Å². The number of nitrogens with one attached hydrogen (secondary N) is 2. The fourth-order valence-corrected chi connectivity index (χ4v) is 3.50. The quantitative estimate of drug-likeness (QED) is 0.470. The van der Waals surface area contributed by atoms with Crippen molar-refractivity contribution in [1.82, 2.24) is 14.9 Å². The molecule has 0 saturated carbocycles. The minimum atomic E-state index is -0.209. The zero-order valence-corrected chi connectivity index (χ0v) is 17.6. The molecule has 0 atom stereocenters. The first kappa shape index (κ1) is 19.7. The van der Waals surface area contributed by atoms with Gasteiger partial charge in [-0.2, -0.15) is 0 Å². The molecule has 1 heterocycles. The van der Waals surface area contributed by atoms with Crippen LogP contribution < -0.4 is 10.6 Å². The Morgan fingerprint density at radius 3 is 2.47 bits per heavy atom. The Hall–Kier alpha value is -3.60. The highest BCUT2D eigenvalue weighted by atomic mass is 16.2. The summed E-state index contributed by atoms with van der Waals surface area (Å²) in [5.41, 5.74) is 7.45. The maximum Gasteiger partial charge on any atom is 0.319 e. The van der Waals surface area contributed by atoms with E-state index >= 15 is 0 Å². The molecule has 0 aliphatic carbocycles. The molecule has 5 heteroatoms. The molecule has 1 aromatic heterocycles. The summed E-state index contributed by atoms with van der Waals surface area (Å²) in [6, 6.07) is 22.2. The lowest BCUT2D eigenvalue weighted by molar-refractivity contribution is 0.251. The molecule has 0 aliphatic heterocycles. The van der Waals surface area contributed by atoms with E-state index < -0.39 is 0 Å². The molecule has 2 amide bonds. The topological polar surface area (TPSA) is 59.0 Å². The summed E-state index contributed by atoms with van der Waals surface area (Å²) in [6.07, 6.45) is 0. The van der Waals surface area contributed by atoms with Crippen LogP contribution in [0.25, 0.3) is 22.4 Å². The second-order valence-corrected chi connectivity index (χ2v) is 7.62. The first-order valence-corrected chi connectivity index (χ1v) is 10.2. The second-order valence-electron chi connectivity index (χ2n) is 7.62. The first-order valence-electron chi connectivity index (χ1n) is 10.2. The number of imidazole rings is 1. The van der Waals surface area contributed by atoms with E-state index in [0.717, 1.165) is 33.7 Å². The van der Waals surface area contributed by atoms with Gasteiger partial charge in [-0.1, -0.05) is 48.0 Å². The van der Waals surface area contributed by atoms with E-state index in [0.29, 0.717) is 13.1 Å². The fourth-order valence-electron chi connectivity index (χ4n) is 3.50. The van der Waals surface area contributed by atoms with Gasteiger partial charge in [-0.05, 0) is 56.2 Å². The third-order valence-electron chi connectivity index (χ3n) is 5.35. The highest BCUT2D eigenvalue weighted by Crippen LogP contribution is 2.25. The third-order valence-corrected chi connectivity index (χ3v) is 5.35. The van der Waals surface area contributed by atoms with Crippen molar-refractivity contribution in [2.75, 3.05) is 11.9 Å². The van der Waals surface area contributed by atoms with Crippen molar-refractivity contribution in [1.29, 1.82) is 0 Å². The van der Waals surface area contributed by atoms with Crippen molar-refractivity contribution in [2.45, 2.75) is 27.3 Å². The SMILES string of the molecule is Cc1ccc(-c2nc3ccccc3n2CCNC(=O)Nc2ccc(C)c(C)c2)cc1. The number of nitrogens with zero attached hydrogens (tertiary/aromatic N) is 2. The summed E-state index contributed by atoms with van der Waals surface area (Å²) in [7, 11) is 0. The molecule has 0 fully saturated rings. The van der Waals surface area contributed by atoms with Gasteiger partial charge in [0.1, 0.15) is 5.82 Å². The number of hydrogen-bond donors (Lipinski definition) is 2. The number of fused-ring (bicyclic) bond motifs is 1. The Kier molecular flexibility index (Phi) is 5.53. The molecule has 30 heavy (non-hydrogen) atoms. The molecule has 0 spiro atoms. The van der Waals surface area contributed by atoms with E-state index in [1.807, 2.05) is 43.3 Å². The van der Waals surface area contributed by atoms with E-state index in [1.54, 1.807) is 0 Å². The number of aromatic nitrogens is 2. The number of carbonyl (C=O) groups is 1. The predicted octanol–water partition coefficient (Wildman–Crippen LogP) is 5.45. The van der Waals surface area contributed by atoms with Crippen LogP contribution in [-0.2, 0) is 6.54 Å². The van der Waals surface area contributed by atoms with Crippen molar-refractivity contribution in [3.8, 4) is 11.4 Å². The molecule has 0 bridgehead atoms. The average Bonchev–Trinajstić information content (AvgIpc) is 3.10. The number of aryl methyl sites for hydroxylation is 3. The summed E-state index contributed by atoms with van der Waals surface area (Å²) in [5.74, 6) is 0.910. The van der Waals surface area contributed by atoms with Gasteiger partial charge < -0.3 is 15.2 Å². The van der Waals surface area contributed by atoms with Crippen LogP contribution in [0.15, 0.2) is 66.7 Å². The van der Waals surface area contributed by atoms with Gasteiger partial charge in [0.2, 0.25) is 0 Å². The molecular weight excluding hydrogens is 372 g/mol. The van der Waals surface area contributed by atoms with Crippen molar-refractivity contribution < 1.29 is 4.79 Å². The van der Waals surface area contributed by atoms with E-state index in [4.69, 9.17) is 4.98 Å². The number of urea groups is 1. The number of rotatable bonds is 5. The first-order chi connectivity index (χ1) is 14.5. The Morgan fingerprint density at radius 1 is 0.933 bits per heavy atom. The monoisotopic (exact) mass is 398 g/mol. The van der Waals surface area contributed by atoms with E-state index in [2.05, 4.69) is 59.4 Å². The Bertz CT molecular complexity index is 1190. The average molecular weight is 399 g/mol. The lowest BCUT2D eigenvalue weighted by atomic mass is 10.1. The zero-order chi connectivity index (χ0) is 21.1. The molecule has 152 valence electrons. The molecule has 0 radical (unpaired) electrons. The molecule has 0 unspecified atom stereocenters. The van der Waals surface area contributed by atoms with Gasteiger partial charge in [0, 0.05) is 24.3 Å². The van der Waals surface area contributed by atoms with Crippen molar-refractivity contribution in [3.05, 3.63) is 83.4 Å². The third kappa shape index (κ3) is 4.20. The summed E-state index contributed by atoms with van der Waals surface area (Å²) < 4.78 is 2.16. The molecule has 4 aromatic rings. The van der Waals surface area contributed by atoms with Gasteiger partial charge in [-0.25, -0.2) is 9.78 Å². The molecular formula is C25H26N4O. The number of hydrogen-bond acceptors (Lipinski definition) is 2. The van der Waals surface area contributed by atoms with Crippen LogP contribution in [-0.4, -0.2) is 22.1 Å². The summed E-state index contributed by atoms with van der Waals surface area (Å²) >= 11 is 0. The fraction of sp³-hybridized carbons (Fsp3) is 0.200. The van der Waals surface area contributed by atoms with Gasteiger partial charge >= 0.3 is 6.03 Å². The molecule has 4 rings (SSSR count). The van der Waals surface area contributed by atoms with E-state index in [1.165, 1.54) is 11.1 Å². The predicted molar refractivity (Wildman–Crippen MR) is 123 cm³/mol. The normalized spacial score (nSPS) is 10.9. The zero-order valence-electron chi connectivity index (χ0n) is 17.6. The second kappa shape index (κ2) is 8.41. The van der Waals surface area contributed by atoms with Gasteiger partial charge in [-0.15, -0.1) is 0 Å². The number of benzene rings is 3. The Morgan fingerprint density at radius 2 is 1.70 bits per heavy atom. The van der Waals surface area contributed by atoms with Gasteiger partial charge in [-0.3, -0.25) is 0 Å². The van der Waals surface area contributed by atoms with Gasteiger partial charge in [0.25, 0.3) is 0 Å². The summed E-state index contributed by atoms with van der Waals surface area (Å²) in [4.78, 5) is 17.2. The van der Waals surface area contributed by atoms with Crippen LogP contribution in [0.1, 0.15) is 16.7 Å². The van der Waals surface area contributed by atoms with Crippen LogP contribution in [0.5, 0.6) is 0 Å². The Labute approximate surface area is 176 Å². The Balaban J connectivity index is 1.49. The minimum absolute atomic E-state index is 0.209. The van der Waals surface area contributed by atoms with Crippen molar-refractivity contribution in [3.63, 3.8) is 0 Å². The molecule has 0 aliphatic rings. The molecule has 5 nitrogen and oxygen atoms in total. The number of para-hydroxylation sites is 2. The molecule has 3 aromatic carbocycles. The van der Waals surface area contributed by atoms with Gasteiger partial charge in [0.15, 0.2) is 0 Å². The van der Waals surface area contributed by atoms with Crippen LogP contribution in [0.3, 0.4) is 0 Å². The van der Waals surface area contributed by atoms with Crippen LogP contribution in [0, 0.1) is 20.8 Å². The minimum Gasteiger partial charge on any atom is -0.336 e. The smallest absolute Gasteiger partial charge is 0.319 e. The lowest BCUT2D eigenvalue weighted by Crippen LogP contribution is -2.31. The number of carbonyl (C=O) groups excluding carboxylic acids is 1. The maximum atomic E-state index is 12.3. The number of amides is 2. The van der Waals surface area contributed by atoms with E-state index in [-0.39, 0.29) is 6.03 Å². The van der Waals surface area contributed by atoms with Crippen LogP contribution in [0.2, 0.25) is 0 Å². The number of anilines is 1. The highest BCUT2D eigenvalue weighted by molar-refractivity contribution is 5.89. The van der Waals surface area contributed by atoms with Crippen LogP contribution >= 0.6 is 0 Å². The van der Waals surface area contributed by atoms with Crippen molar-refractivity contribution in [2.24, 2.45) is 0 Å². The molecule has 0 saturated heterocycles. The summed E-state index contributed by atoms with van der Waals surface area (Å²) in [5, 5.41) is 5.86. The van der Waals surface area contributed by atoms with Gasteiger partial charge in [0.05, 0.1) is 11.0 Å². The van der Waals surface area contributed by atoms with E-state index in [9.17, 15) is 4.79 Å². The van der Waals surface area contributed by atoms with Crippen LogP contribution in [0.4, 0.5) is 10.5 Å². The lowest BCUT2D eigenvalue weighted by Gasteiger charge is -2.12. The summed E-state index contributed by atoms with van der Waals surface area (Å²) in [6.45, 7) is 7.29. The highest BCUT2D eigenvalue weighted by Gasteiger charge is 2.12. The molecule has 2 N–H and O–H groups in total. The maximum absolute atomic E-state index is 12.3.